The van der Waals surface area contributed by atoms with Crippen LogP contribution in [0.2, 0.25) is 10.0 Å². The molecule has 0 saturated carbocycles. The van der Waals surface area contributed by atoms with Gasteiger partial charge in [-0.3, -0.25) is 9.78 Å². The molecule has 9 heteroatoms. The summed E-state index contributed by atoms with van der Waals surface area (Å²) in [7, 11) is 1.58. The normalized spacial score (nSPS) is 16.7. The summed E-state index contributed by atoms with van der Waals surface area (Å²) in [4.78, 5) is 20.2. The summed E-state index contributed by atoms with van der Waals surface area (Å²) in [6.45, 7) is 2.34. The van der Waals surface area contributed by atoms with Crippen LogP contribution in [0, 0.1) is 5.41 Å². The van der Waals surface area contributed by atoms with E-state index in [2.05, 4.69) is 9.88 Å². The van der Waals surface area contributed by atoms with Crippen LogP contribution in [0.1, 0.15) is 37.4 Å². The fourth-order valence-electron chi connectivity index (χ4n) is 4.79. The standard InChI is InChI=1S/C27H30Cl2N2O4S/c1-35-19-4-7-23-21(16-19)25(22(29)17-30-23)24(32)8-9-27(26(33)34)10-12-31(13-11-27)14-15-36-20-5-2-18(28)3-6-20/h2-7,16-17,24,32H,8-15H2,1H3,(H,33,34). The van der Waals surface area contributed by atoms with Crippen molar-refractivity contribution in [1.29, 1.82) is 0 Å². The smallest absolute Gasteiger partial charge is 0.309 e. The van der Waals surface area contributed by atoms with Gasteiger partial charge in [-0.15, -0.1) is 11.8 Å². The SMILES string of the molecule is COc1ccc2ncc(Cl)c(C(O)CCC3(C(=O)O)CCN(CCSc4ccc(Cl)cc4)CC3)c2c1. The summed E-state index contributed by atoms with van der Waals surface area (Å²) in [6.07, 6.45) is 2.41. The maximum atomic E-state index is 12.4. The molecular weight excluding hydrogens is 519 g/mol. The molecular formula is C27H30Cl2N2O4S. The number of aliphatic hydroxyl groups excluding tert-OH is 1. The molecule has 1 aliphatic rings. The molecule has 2 aromatic carbocycles. The molecule has 4 rings (SSSR count). The number of fused-ring (bicyclic) bond motifs is 1. The fourth-order valence-corrected chi connectivity index (χ4v) is 6.11. The van der Waals surface area contributed by atoms with E-state index >= 15 is 0 Å². The average Bonchev–Trinajstić information content (AvgIpc) is 2.88. The van der Waals surface area contributed by atoms with Crippen LogP contribution in [-0.2, 0) is 4.79 Å². The van der Waals surface area contributed by atoms with Crippen molar-refractivity contribution in [3.63, 3.8) is 0 Å². The molecule has 0 bridgehead atoms. The Hall–Kier alpha value is -2.03. The topological polar surface area (TPSA) is 82.9 Å². The number of likely N-dealkylation sites (tertiary alicyclic amines) is 1. The second kappa shape index (κ2) is 12.0. The van der Waals surface area contributed by atoms with Crippen LogP contribution in [0.15, 0.2) is 53.6 Å². The number of carboxylic acids is 1. The van der Waals surface area contributed by atoms with Crippen LogP contribution in [0.5, 0.6) is 5.75 Å². The maximum absolute atomic E-state index is 12.4. The van der Waals surface area contributed by atoms with E-state index in [1.54, 1.807) is 31.0 Å². The number of ether oxygens (including phenoxy) is 1. The van der Waals surface area contributed by atoms with Crippen LogP contribution >= 0.6 is 35.0 Å². The fraction of sp³-hybridized carbons (Fsp3) is 0.407. The first kappa shape index (κ1) is 27.0. The molecule has 1 atom stereocenters. The first-order valence-corrected chi connectivity index (χ1v) is 13.7. The summed E-state index contributed by atoms with van der Waals surface area (Å²) < 4.78 is 5.33. The average molecular weight is 550 g/mol. The number of piperidine rings is 1. The zero-order valence-corrected chi connectivity index (χ0v) is 22.5. The lowest BCUT2D eigenvalue weighted by molar-refractivity contribution is -0.153. The number of benzene rings is 2. The van der Waals surface area contributed by atoms with Crippen LogP contribution in [0.25, 0.3) is 10.9 Å². The maximum Gasteiger partial charge on any atom is 0.309 e. The van der Waals surface area contributed by atoms with Gasteiger partial charge in [0.15, 0.2) is 0 Å². The number of thioether (sulfide) groups is 1. The molecule has 1 aliphatic heterocycles. The molecule has 0 spiro atoms. The van der Waals surface area contributed by atoms with Gasteiger partial charge < -0.3 is 19.8 Å². The molecule has 0 radical (unpaired) electrons. The van der Waals surface area contributed by atoms with E-state index in [-0.39, 0.29) is 0 Å². The van der Waals surface area contributed by atoms with Gasteiger partial charge in [0.05, 0.1) is 29.2 Å². The predicted molar refractivity (Wildman–Crippen MR) is 145 cm³/mol. The molecule has 2 N–H and O–H groups in total. The number of nitrogens with zero attached hydrogens (tertiary/aromatic N) is 2. The van der Waals surface area contributed by atoms with Gasteiger partial charge in [-0.2, -0.15) is 0 Å². The number of aliphatic carboxylic acids is 1. The molecule has 6 nitrogen and oxygen atoms in total. The van der Waals surface area contributed by atoms with E-state index < -0.39 is 17.5 Å². The zero-order chi connectivity index (χ0) is 25.7. The Bertz CT molecular complexity index is 1200. The Labute approximate surface area is 225 Å². The van der Waals surface area contributed by atoms with Crippen molar-refractivity contribution < 1.29 is 19.7 Å². The minimum Gasteiger partial charge on any atom is -0.497 e. The van der Waals surface area contributed by atoms with Gasteiger partial charge in [0.1, 0.15) is 5.75 Å². The third-order valence-corrected chi connectivity index (χ3v) is 8.60. The minimum atomic E-state index is -0.903. The molecule has 192 valence electrons. The van der Waals surface area contributed by atoms with Crippen molar-refractivity contribution >= 4 is 51.8 Å². The van der Waals surface area contributed by atoms with Gasteiger partial charge >= 0.3 is 5.97 Å². The van der Waals surface area contributed by atoms with Gasteiger partial charge in [-0.1, -0.05) is 23.2 Å². The lowest BCUT2D eigenvalue weighted by atomic mass is 9.74. The molecule has 1 aromatic heterocycles. The second-order valence-corrected chi connectivity index (χ2v) is 11.2. The Kier molecular flexibility index (Phi) is 9.01. The van der Waals surface area contributed by atoms with E-state index in [0.29, 0.717) is 52.9 Å². The highest BCUT2D eigenvalue weighted by molar-refractivity contribution is 7.99. The van der Waals surface area contributed by atoms with E-state index in [9.17, 15) is 15.0 Å². The highest BCUT2D eigenvalue weighted by Gasteiger charge is 2.41. The summed E-state index contributed by atoms with van der Waals surface area (Å²) in [5.41, 5.74) is 0.415. The lowest BCUT2D eigenvalue weighted by Crippen LogP contribution is -2.45. The monoisotopic (exact) mass is 548 g/mol. The quantitative estimate of drug-likeness (QED) is 0.286. The Balaban J connectivity index is 1.37. The summed E-state index contributed by atoms with van der Waals surface area (Å²) in [5, 5.41) is 23.1. The van der Waals surface area contributed by atoms with Crippen LogP contribution in [0.3, 0.4) is 0 Å². The third-order valence-electron chi connectivity index (χ3n) is 7.05. The van der Waals surface area contributed by atoms with E-state index in [0.717, 1.165) is 30.4 Å². The molecule has 3 aromatic rings. The Morgan fingerprint density at radius 2 is 1.92 bits per heavy atom. The highest BCUT2D eigenvalue weighted by Crippen LogP contribution is 2.41. The molecule has 0 amide bonds. The third kappa shape index (κ3) is 6.26. The van der Waals surface area contributed by atoms with Crippen LogP contribution < -0.4 is 4.74 Å². The highest BCUT2D eigenvalue weighted by atomic mass is 35.5. The van der Waals surface area contributed by atoms with Gasteiger partial charge in [-0.25, -0.2) is 0 Å². The van der Waals surface area contributed by atoms with E-state index in [1.165, 1.54) is 11.1 Å². The van der Waals surface area contributed by atoms with Gasteiger partial charge in [-0.05, 0) is 81.2 Å². The molecule has 36 heavy (non-hydrogen) atoms. The number of halogens is 2. The lowest BCUT2D eigenvalue weighted by Gasteiger charge is -2.39. The van der Waals surface area contributed by atoms with Crippen molar-refractivity contribution in [3.05, 3.63) is 64.3 Å². The van der Waals surface area contributed by atoms with Crippen molar-refractivity contribution in [2.24, 2.45) is 5.41 Å². The summed E-state index contributed by atoms with van der Waals surface area (Å²) >= 11 is 14.2. The summed E-state index contributed by atoms with van der Waals surface area (Å²) in [5.74, 6) is 0.776. The first-order valence-electron chi connectivity index (χ1n) is 12.0. The number of pyridine rings is 1. The Morgan fingerprint density at radius 1 is 1.19 bits per heavy atom. The first-order chi connectivity index (χ1) is 17.3. The van der Waals surface area contributed by atoms with Gasteiger partial charge in [0.25, 0.3) is 0 Å². The van der Waals surface area contributed by atoms with Crippen molar-refractivity contribution in [3.8, 4) is 5.75 Å². The van der Waals surface area contributed by atoms with Crippen molar-refractivity contribution in [2.75, 3.05) is 32.5 Å². The van der Waals surface area contributed by atoms with E-state index in [1.807, 2.05) is 30.3 Å². The van der Waals surface area contributed by atoms with Gasteiger partial charge in [0.2, 0.25) is 0 Å². The number of hydrogen-bond donors (Lipinski definition) is 2. The number of carboxylic acid groups (broad SMARTS) is 1. The van der Waals surface area contributed by atoms with Crippen LogP contribution in [-0.4, -0.2) is 58.6 Å². The molecule has 1 saturated heterocycles. The predicted octanol–water partition coefficient (Wildman–Crippen LogP) is 6.32. The number of aromatic nitrogens is 1. The van der Waals surface area contributed by atoms with E-state index in [4.69, 9.17) is 27.9 Å². The zero-order valence-electron chi connectivity index (χ0n) is 20.1. The molecule has 0 aliphatic carbocycles. The number of carbonyl (C=O) groups is 1. The van der Waals surface area contributed by atoms with Gasteiger partial charge in [0, 0.05) is 39.4 Å². The molecule has 1 unspecified atom stereocenters. The molecule has 2 heterocycles. The number of aliphatic hydroxyl groups is 1. The number of methoxy groups -OCH3 is 1. The van der Waals surface area contributed by atoms with Crippen LogP contribution in [0.4, 0.5) is 0 Å². The van der Waals surface area contributed by atoms with Crippen molar-refractivity contribution in [2.45, 2.75) is 36.7 Å². The second-order valence-electron chi connectivity index (χ2n) is 9.19. The number of hydrogen-bond acceptors (Lipinski definition) is 6. The largest absolute Gasteiger partial charge is 0.497 e. The molecule has 1 fully saturated rings. The minimum absolute atomic E-state index is 0.300. The Morgan fingerprint density at radius 3 is 2.58 bits per heavy atom. The number of rotatable bonds is 10. The van der Waals surface area contributed by atoms with Crippen molar-refractivity contribution in [1.82, 2.24) is 9.88 Å². The summed E-state index contributed by atoms with van der Waals surface area (Å²) in [6, 6.07) is 13.2.